The molecule has 0 aliphatic carbocycles. The van der Waals surface area contributed by atoms with Crippen LogP contribution in [0.5, 0.6) is 0 Å². The van der Waals surface area contributed by atoms with Gasteiger partial charge in [-0.1, -0.05) is 18.2 Å². The van der Waals surface area contributed by atoms with Gasteiger partial charge in [0.25, 0.3) is 11.8 Å². The molecule has 2 unspecified atom stereocenters. The maximum Gasteiger partial charge on any atom is 0.306 e. The number of methoxy groups -OCH3 is 8. The fourth-order valence-corrected chi connectivity index (χ4v) is 15.1. The lowest BCUT2D eigenvalue weighted by Gasteiger charge is -2.24. The highest BCUT2D eigenvalue weighted by atomic mass is 16.5. The van der Waals surface area contributed by atoms with Gasteiger partial charge in [-0.05, 0) is 48.5 Å². The summed E-state index contributed by atoms with van der Waals surface area (Å²) < 4.78 is 40.1. The number of hydrogen-bond donors (Lipinski definition) is 10. The molecule has 0 bridgehead atoms. The highest BCUT2D eigenvalue weighted by molar-refractivity contribution is 6.24. The first kappa shape index (κ1) is 114. The van der Waals surface area contributed by atoms with E-state index in [1.54, 1.807) is 36.4 Å². The van der Waals surface area contributed by atoms with Crippen molar-refractivity contribution in [1.29, 1.82) is 0 Å². The largest absolute Gasteiger partial charge is 0.469 e. The van der Waals surface area contributed by atoms with Gasteiger partial charge < -0.3 is 125 Å². The summed E-state index contributed by atoms with van der Waals surface area (Å²) in [5.41, 5.74) is 3.03. The molecule has 10 N–H and O–H groups in total. The van der Waals surface area contributed by atoms with E-state index in [4.69, 9.17) is 37.9 Å². The Morgan fingerprint density at radius 1 is 0.270 bits per heavy atom. The Labute approximate surface area is 798 Å². The zero-order valence-corrected chi connectivity index (χ0v) is 80.2. The fourth-order valence-electron chi connectivity index (χ4n) is 15.1. The summed E-state index contributed by atoms with van der Waals surface area (Å²) in [6, 6.07) is 18.4. The van der Waals surface area contributed by atoms with E-state index in [0.29, 0.717) is 62.9 Å². The van der Waals surface area contributed by atoms with Gasteiger partial charge in [0, 0.05) is 251 Å². The second kappa shape index (κ2) is 64.1. The van der Waals surface area contributed by atoms with Crippen molar-refractivity contribution < 1.29 is 124 Å². The lowest BCUT2D eigenvalue weighted by molar-refractivity contribution is -0.142. The Morgan fingerprint density at radius 2 is 0.518 bits per heavy atom. The number of fused-ring (bicyclic) bond motifs is 3. The summed E-state index contributed by atoms with van der Waals surface area (Å²) in [5, 5.41) is 31.6. The summed E-state index contributed by atoms with van der Waals surface area (Å²) in [4.78, 5) is 243. The zero-order valence-electron chi connectivity index (χ0n) is 80.2. The van der Waals surface area contributed by atoms with Gasteiger partial charge in [0.15, 0.2) is 0 Å². The van der Waals surface area contributed by atoms with Gasteiger partial charge in [-0.15, -0.1) is 0 Å². The molecule has 0 radical (unpaired) electrons. The van der Waals surface area contributed by atoms with Gasteiger partial charge in [0.2, 0.25) is 47.3 Å². The Morgan fingerprint density at radius 3 is 0.810 bits per heavy atom. The van der Waals surface area contributed by atoms with Crippen LogP contribution in [0, 0.1) is 0 Å². The molecule has 2 aliphatic rings. The average molecular weight is 1930 g/mol. The summed E-state index contributed by atoms with van der Waals surface area (Å²) in [6.45, 7) is 8.20. The maximum absolute atomic E-state index is 14.1. The van der Waals surface area contributed by atoms with Crippen molar-refractivity contribution in [3.05, 3.63) is 66.7 Å². The lowest BCUT2D eigenvalue weighted by Crippen LogP contribution is -2.42. The molecule has 2 saturated heterocycles. The lowest BCUT2D eigenvalue weighted by atomic mass is 10.1. The van der Waals surface area contributed by atoms with E-state index in [9.17, 15) is 86.3 Å². The number of carbonyl (C=O) groups excluding carboxylic acids is 18. The van der Waals surface area contributed by atoms with E-state index in [1.165, 1.54) is 61.8 Å². The molecule has 2 atom stereocenters. The number of esters is 8. The van der Waals surface area contributed by atoms with Gasteiger partial charge in [0.05, 0.1) is 156 Å². The van der Waals surface area contributed by atoms with E-state index >= 15 is 0 Å². The smallest absolute Gasteiger partial charge is 0.306 e. The SMILES string of the molecule is COC(=O)CCN(CCNC(=O)CCN(CCNC(=O)CCNCCNC1CC(=O)N(c2ccc(-n3c4ccccc4c4cc(N5C(=O)CC(NCCNCCC(=O)NCCN(CCC(=O)NCCN(CCC(=O)OC)CCC(=O)OC)CCC(=O)NCCN(CCC(=O)OC)CCC(=O)OC)C5=O)ccc43)cc2)C1=O)CCC(=O)NCCN(CCC(=O)OC)CCC(=O)OC)CCC(=O)OC. The minimum atomic E-state index is -0.819. The third kappa shape index (κ3) is 42.6. The van der Waals surface area contributed by atoms with Crippen molar-refractivity contribution in [1.82, 2.24) is 87.1 Å². The number of ether oxygens (including phenoxy) is 8. The molecular weight excluding hydrogens is 1790 g/mol. The molecule has 758 valence electrons. The molecule has 10 amide bonds. The number of amides is 10. The highest BCUT2D eigenvalue weighted by Crippen LogP contribution is 2.37. The van der Waals surface area contributed by atoms with Gasteiger partial charge >= 0.3 is 47.8 Å². The molecule has 137 heavy (non-hydrogen) atoms. The third-order valence-electron chi connectivity index (χ3n) is 23.0. The molecule has 2 fully saturated rings. The van der Waals surface area contributed by atoms with E-state index in [-0.39, 0.29) is 289 Å². The minimum absolute atomic E-state index is 0.0434. The standard InChI is InChI=1S/C92H139N19O26/c1-130-83(120)25-49-105(50-26-84(121)131-2)59-41-99-77(114)21-45-103(46-22-78(115)100-42-60-106(51-27-85(122)132-3)52-28-86(123)133-4)57-39-97-75(112)19-33-93-35-37-95-71-64-81(118)110(91(71)128)67-15-13-66(14-16-67)109-73-12-10-9-11-69(73)70-63-68(17-18-74(70)109)111-82(119)65-72(92(111)129)96-38-36-94-34-20-76(113)98-40-58-104(47-23-79(116)101-43-61-107(53-29-87(124)134-5)54-30-88(125)135-6)48-24-80(117)102-44-62-108(55-31-89(126)136-7)56-32-90(127)137-8/h9-18,63,71-72,93-96H,19-62,64-65H2,1-8H3,(H,97,112)(H,98,113)(H,99,114)(H,100,115)(H,101,116)(H,102,117). The first-order valence-corrected chi connectivity index (χ1v) is 46.3. The van der Waals surface area contributed by atoms with Gasteiger partial charge in [-0.3, -0.25) is 86.3 Å². The van der Waals surface area contributed by atoms with Gasteiger partial charge in [-0.2, -0.15) is 0 Å². The van der Waals surface area contributed by atoms with Crippen LogP contribution in [0.2, 0.25) is 0 Å². The topological polar surface area (TPSA) is 532 Å². The van der Waals surface area contributed by atoms with Crippen molar-refractivity contribution in [2.45, 2.75) is 115 Å². The van der Waals surface area contributed by atoms with E-state index in [2.05, 4.69) is 53.2 Å². The molecule has 3 heterocycles. The molecule has 45 heteroatoms. The third-order valence-corrected chi connectivity index (χ3v) is 23.0. The molecular formula is C92H139N19O26. The van der Waals surface area contributed by atoms with Crippen LogP contribution in [0.1, 0.15) is 103 Å². The summed E-state index contributed by atoms with van der Waals surface area (Å²) in [6.07, 6.45) is 0.834. The Kier molecular flexibility index (Phi) is 53.2. The molecule has 45 nitrogen and oxygen atoms in total. The number of nitrogens with one attached hydrogen (secondary N) is 10. The first-order chi connectivity index (χ1) is 66.0. The highest BCUT2D eigenvalue weighted by Gasteiger charge is 2.41. The predicted molar refractivity (Wildman–Crippen MR) is 502 cm³/mol. The number of anilines is 2. The second-order valence-corrected chi connectivity index (χ2v) is 32.4. The van der Waals surface area contributed by atoms with Gasteiger partial charge in [-0.25, -0.2) is 9.80 Å². The molecule has 0 spiro atoms. The predicted octanol–water partition coefficient (Wildman–Crippen LogP) is -2.24. The van der Waals surface area contributed by atoms with Crippen molar-refractivity contribution >= 4 is 140 Å². The number of carbonyl (C=O) groups is 18. The molecule has 4 aromatic rings. The number of rotatable bonds is 71. The summed E-state index contributed by atoms with van der Waals surface area (Å²) >= 11 is 0. The first-order valence-electron chi connectivity index (χ1n) is 46.3. The Bertz CT molecular complexity index is 4400. The van der Waals surface area contributed by atoms with Crippen LogP contribution in [-0.2, 0) is 124 Å². The molecule has 1 aromatic heterocycles. The van der Waals surface area contributed by atoms with Crippen LogP contribution in [0.25, 0.3) is 27.5 Å². The van der Waals surface area contributed by atoms with E-state index < -0.39 is 83.5 Å². The summed E-state index contributed by atoms with van der Waals surface area (Å²) in [7, 11) is 10.2. The van der Waals surface area contributed by atoms with Crippen molar-refractivity contribution in [3.63, 3.8) is 0 Å². The Balaban J connectivity index is 0.945. The van der Waals surface area contributed by atoms with E-state index in [1.807, 2.05) is 64.3 Å². The van der Waals surface area contributed by atoms with Crippen LogP contribution in [0.3, 0.4) is 0 Å². The maximum atomic E-state index is 14.1. The zero-order chi connectivity index (χ0) is 99.8. The summed E-state index contributed by atoms with van der Waals surface area (Å²) in [5.74, 6) is -6.72. The number of benzene rings is 3. The van der Waals surface area contributed by atoms with Crippen LogP contribution >= 0.6 is 0 Å². The normalized spacial score (nSPS) is 13.7. The van der Waals surface area contributed by atoms with E-state index in [0.717, 1.165) is 26.7 Å². The minimum Gasteiger partial charge on any atom is -0.469 e. The number of imide groups is 2. The fraction of sp³-hybridized carbons (Fsp3) is 0.609. The van der Waals surface area contributed by atoms with Crippen molar-refractivity contribution in [3.8, 4) is 5.69 Å². The molecule has 3 aromatic carbocycles. The monoisotopic (exact) mass is 1930 g/mol. The van der Waals surface area contributed by atoms with Crippen LogP contribution in [-0.4, -0.2) is 406 Å². The number of nitrogens with zero attached hydrogens (tertiary/aromatic N) is 9. The number of para-hydroxylation sites is 1. The van der Waals surface area contributed by atoms with Crippen LogP contribution in [0.15, 0.2) is 66.7 Å². The molecule has 0 saturated carbocycles. The van der Waals surface area contributed by atoms with Crippen LogP contribution in [0.4, 0.5) is 11.4 Å². The van der Waals surface area contributed by atoms with Gasteiger partial charge in [0.1, 0.15) is 0 Å². The van der Waals surface area contributed by atoms with Crippen molar-refractivity contribution in [2.24, 2.45) is 0 Å². The Hall–Kier alpha value is -12.1. The average Bonchev–Trinajstić information content (AvgIpc) is 1.58. The molecule has 2 aliphatic heterocycles. The quantitative estimate of drug-likeness (QED) is 0.00967. The van der Waals surface area contributed by atoms with Crippen molar-refractivity contribution in [2.75, 3.05) is 263 Å². The number of hydrogen-bond acceptors (Lipinski definition) is 36. The second-order valence-electron chi connectivity index (χ2n) is 32.4. The van der Waals surface area contributed by atoms with Crippen LogP contribution < -0.4 is 63.0 Å². The molecule has 6 rings (SSSR count). The number of aromatic nitrogens is 1.